The summed E-state index contributed by atoms with van der Waals surface area (Å²) in [5.74, 6) is 0.813. The van der Waals surface area contributed by atoms with Crippen molar-refractivity contribution in [2.45, 2.75) is 69.9 Å². The van der Waals surface area contributed by atoms with E-state index in [4.69, 9.17) is 0 Å². The van der Waals surface area contributed by atoms with Crippen molar-refractivity contribution in [2.24, 2.45) is 5.92 Å². The van der Waals surface area contributed by atoms with E-state index in [0.29, 0.717) is 29.4 Å². The van der Waals surface area contributed by atoms with Crippen LogP contribution in [0.4, 0.5) is 0 Å². The molecule has 1 atom stereocenters. The van der Waals surface area contributed by atoms with Gasteiger partial charge in [-0.3, -0.25) is 9.59 Å². The van der Waals surface area contributed by atoms with Gasteiger partial charge in [0.05, 0.1) is 11.6 Å². The van der Waals surface area contributed by atoms with E-state index in [0.717, 1.165) is 18.8 Å². The van der Waals surface area contributed by atoms with E-state index in [1.165, 1.54) is 70.3 Å². The molecule has 2 aliphatic rings. The second-order valence-electron chi connectivity index (χ2n) is 10.2. The minimum Gasteiger partial charge on any atom is -0.506 e. The fourth-order valence-electron chi connectivity index (χ4n) is 5.54. The molecule has 2 heterocycles. The van der Waals surface area contributed by atoms with Gasteiger partial charge in [-0.2, -0.15) is 0 Å². The number of piperidine rings is 1. The minimum atomic E-state index is -0.827. The van der Waals surface area contributed by atoms with E-state index < -0.39 is 6.10 Å². The van der Waals surface area contributed by atoms with Crippen LogP contribution in [0.2, 0.25) is 0 Å². The topological polar surface area (TPSA) is 118 Å². The maximum Gasteiger partial charge on any atom is 0.248 e. The molecule has 1 aliphatic heterocycles. The standard InChI is InChI=1S/C27H40N4O4/c32-23-10-8-21(22-9-11-25(34)30-27(22)23)24(33)18-28-14-12-26(35)29-20-6-4-19(5-7-20)13-17-31-15-2-1-3-16-31/h8-11,19-20,24,28,32-33H,1-7,12-18H2,(H,29,35)(H,30,34)/t19?,20?,24-/m0/s1. The minimum absolute atomic E-state index is 0.0330. The highest BCUT2D eigenvalue weighted by atomic mass is 16.3. The van der Waals surface area contributed by atoms with Gasteiger partial charge >= 0.3 is 0 Å². The number of aromatic amines is 1. The lowest BCUT2D eigenvalue weighted by molar-refractivity contribution is -0.122. The molecule has 8 nitrogen and oxygen atoms in total. The molecule has 192 valence electrons. The quantitative estimate of drug-likeness (QED) is 0.331. The summed E-state index contributed by atoms with van der Waals surface area (Å²) < 4.78 is 0. The van der Waals surface area contributed by atoms with Crippen LogP contribution >= 0.6 is 0 Å². The Bertz CT molecular complexity index is 1030. The van der Waals surface area contributed by atoms with Crippen molar-refractivity contribution in [3.8, 4) is 5.75 Å². The zero-order chi connectivity index (χ0) is 24.6. The number of benzene rings is 1. The number of carbonyl (C=O) groups is 1. The van der Waals surface area contributed by atoms with Crippen molar-refractivity contribution in [2.75, 3.05) is 32.7 Å². The van der Waals surface area contributed by atoms with Crippen LogP contribution in [-0.2, 0) is 4.79 Å². The number of aliphatic hydroxyl groups excluding tert-OH is 1. The molecule has 2 aromatic rings. The molecule has 1 aromatic heterocycles. The summed E-state index contributed by atoms with van der Waals surface area (Å²) in [6.07, 6.45) is 9.46. The average molecular weight is 485 g/mol. The van der Waals surface area contributed by atoms with Crippen LogP contribution in [0.3, 0.4) is 0 Å². The molecule has 1 amide bonds. The molecular weight excluding hydrogens is 444 g/mol. The Kier molecular flexibility index (Phi) is 9.18. The molecular formula is C27H40N4O4. The predicted octanol–water partition coefficient (Wildman–Crippen LogP) is 2.80. The van der Waals surface area contributed by atoms with Crippen molar-refractivity contribution in [1.82, 2.24) is 20.5 Å². The van der Waals surface area contributed by atoms with Crippen molar-refractivity contribution in [1.29, 1.82) is 0 Å². The molecule has 8 heteroatoms. The van der Waals surface area contributed by atoms with Gasteiger partial charge in [0, 0.05) is 37.0 Å². The van der Waals surface area contributed by atoms with Gasteiger partial charge in [-0.05, 0) is 88.2 Å². The molecule has 1 saturated carbocycles. The monoisotopic (exact) mass is 484 g/mol. The Morgan fingerprint density at radius 1 is 1.09 bits per heavy atom. The number of fused-ring (bicyclic) bond motifs is 1. The number of H-pyrrole nitrogens is 1. The second-order valence-corrected chi connectivity index (χ2v) is 10.2. The number of phenolic OH excluding ortho intramolecular Hbond substituents is 1. The van der Waals surface area contributed by atoms with Crippen LogP contribution in [0.1, 0.15) is 69.5 Å². The number of rotatable bonds is 10. The SMILES string of the molecule is O=C(CCNC[C@H](O)c1ccc(O)c2[nH]c(=O)ccc12)NC1CCC(CCN2CCCCC2)CC1. The third kappa shape index (κ3) is 7.29. The number of aromatic nitrogens is 1. The van der Waals surface area contributed by atoms with Crippen LogP contribution < -0.4 is 16.2 Å². The lowest BCUT2D eigenvalue weighted by Crippen LogP contribution is -2.39. The van der Waals surface area contributed by atoms with Gasteiger partial charge in [-0.25, -0.2) is 0 Å². The number of hydrogen-bond donors (Lipinski definition) is 5. The van der Waals surface area contributed by atoms with E-state index >= 15 is 0 Å². The molecule has 1 aliphatic carbocycles. The normalized spacial score (nSPS) is 22.2. The first-order valence-electron chi connectivity index (χ1n) is 13.2. The van der Waals surface area contributed by atoms with Crippen molar-refractivity contribution in [3.05, 3.63) is 40.2 Å². The largest absolute Gasteiger partial charge is 0.506 e. The maximum absolute atomic E-state index is 12.4. The number of carbonyl (C=O) groups excluding carboxylic acids is 1. The number of nitrogens with one attached hydrogen (secondary N) is 3. The van der Waals surface area contributed by atoms with Crippen molar-refractivity contribution < 1.29 is 15.0 Å². The Morgan fingerprint density at radius 3 is 2.63 bits per heavy atom. The first-order chi connectivity index (χ1) is 17.0. The molecule has 1 saturated heterocycles. The van der Waals surface area contributed by atoms with Crippen LogP contribution in [0, 0.1) is 5.92 Å². The summed E-state index contributed by atoms with van der Waals surface area (Å²) in [5, 5.41) is 27.5. The van der Waals surface area contributed by atoms with Crippen LogP contribution in [-0.4, -0.2) is 64.8 Å². The molecule has 0 unspecified atom stereocenters. The van der Waals surface area contributed by atoms with Gasteiger partial charge in [0.25, 0.3) is 0 Å². The molecule has 5 N–H and O–H groups in total. The van der Waals surface area contributed by atoms with E-state index in [2.05, 4.69) is 20.5 Å². The third-order valence-electron chi connectivity index (χ3n) is 7.65. The molecule has 35 heavy (non-hydrogen) atoms. The number of hydrogen-bond acceptors (Lipinski definition) is 6. The van der Waals surface area contributed by atoms with E-state index in [-0.39, 0.29) is 29.8 Å². The molecule has 4 rings (SSSR count). The molecule has 2 fully saturated rings. The summed E-state index contributed by atoms with van der Waals surface area (Å²) in [4.78, 5) is 29.2. The van der Waals surface area contributed by atoms with Gasteiger partial charge in [-0.1, -0.05) is 12.5 Å². The molecule has 0 spiro atoms. The number of pyridine rings is 1. The van der Waals surface area contributed by atoms with Gasteiger partial charge in [0.2, 0.25) is 11.5 Å². The number of aliphatic hydroxyl groups is 1. The zero-order valence-electron chi connectivity index (χ0n) is 20.6. The van der Waals surface area contributed by atoms with E-state index in [1.54, 1.807) is 12.1 Å². The second kappa shape index (κ2) is 12.5. The fraction of sp³-hybridized carbons (Fsp3) is 0.630. The number of likely N-dealkylation sites (tertiary alicyclic amines) is 1. The summed E-state index contributed by atoms with van der Waals surface area (Å²) in [5.41, 5.74) is 0.618. The summed E-state index contributed by atoms with van der Waals surface area (Å²) >= 11 is 0. The average Bonchev–Trinajstić information content (AvgIpc) is 2.87. The zero-order valence-corrected chi connectivity index (χ0v) is 20.6. The first kappa shape index (κ1) is 25.7. The highest BCUT2D eigenvalue weighted by Crippen LogP contribution is 2.29. The lowest BCUT2D eigenvalue weighted by atomic mass is 9.84. The number of phenols is 1. The van der Waals surface area contributed by atoms with Gasteiger partial charge < -0.3 is 30.7 Å². The first-order valence-corrected chi connectivity index (χ1v) is 13.2. The Hall–Kier alpha value is -2.42. The summed E-state index contributed by atoms with van der Waals surface area (Å²) in [7, 11) is 0. The van der Waals surface area contributed by atoms with Gasteiger partial charge in [0.1, 0.15) is 5.75 Å². The molecule has 0 bridgehead atoms. The Morgan fingerprint density at radius 2 is 1.86 bits per heavy atom. The lowest BCUT2D eigenvalue weighted by Gasteiger charge is -2.32. The Labute approximate surface area is 207 Å². The predicted molar refractivity (Wildman–Crippen MR) is 137 cm³/mol. The van der Waals surface area contributed by atoms with Crippen molar-refractivity contribution >= 4 is 16.8 Å². The smallest absolute Gasteiger partial charge is 0.248 e. The highest BCUT2D eigenvalue weighted by molar-refractivity contribution is 5.87. The van der Waals surface area contributed by atoms with Crippen LogP contribution in [0.15, 0.2) is 29.1 Å². The fourth-order valence-corrected chi connectivity index (χ4v) is 5.54. The van der Waals surface area contributed by atoms with Crippen LogP contribution in [0.5, 0.6) is 5.75 Å². The number of aromatic hydroxyl groups is 1. The Balaban J connectivity index is 1.13. The molecule has 1 aromatic carbocycles. The third-order valence-corrected chi connectivity index (χ3v) is 7.65. The summed E-state index contributed by atoms with van der Waals surface area (Å²) in [6, 6.07) is 6.37. The maximum atomic E-state index is 12.4. The van der Waals surface area contributed by atoms with E-state index in [9.17, 15) is 19.8 Å². The highest BCUT2D eigenvalue weighted by Gasteiger charge is 2.23. The summed E-state index contributed by atoms with van der Waals surface area (Å²) in [6.45, 7) is 4.51. The number of amides is 1. The van der Waals surface area contributed by atoms with Gasteiger partial charge in [0.15, 0.2) is 0 Å². The van der Waals surface area contributed by atoms with Gasteiger partial charge in [-0.15, -0.1) is 0 Å². The molecule has 0 radical (unpaired) electrons. The van der Waals surface area contributed by atoms with Crippen LogP contribution in [0.25, 0.3) is 10.9 Å². The number of nitrogens with zero attached hydrogens (tertiary/aromatic N) is 1. The van der Waals surface area contributed by atoms with E-state index in [1.807, 2.05) is 0 Å². The van der Waals surface area contributed by atoms with Crippen molar-refractivity contribution in [3.63, 3.8) is 0 Å².